The van der Waals surface area contributed by atoms with Crippen molar-refractivity contribution in [2.24, 2.45) is 0 Å². The lowest BCUT2D eigenvalue weighted by atomic mass is 9.87. The van der Waals surface area contributed by atoms with Gasteiger partial charge >= 0.3 is 5.97 Å². The van der Waals surface area contributed by atoms with Crippen LogP contribution in [0, 0.1) is 0 Å². The highest BCUT2D eigenvalue weighted by Crippen LogP contribution is 2.22. The van der Waals surface area contributed by atoms with Gasteiger partial charge in [-0.05, 0) is 22.6 Å². The second-order valence-electron chi connectivity index (χ2n) is 5.42. The van der Waals surface area contributed by atoms with Crippen molar-refractivity contribution in [3.63, 3.8) is 0 Å². The van der Waals surface area contributed by atoms with Crippen LogP contribution in [-0.2, 0) is 15.0 Å². The summed E-state index contributed by atoms with van der Waals surface area (Å²) < 4.78 is 0. The number of carbonyl (C=O) groups is 2. The molecule has 19 heavy (non-hydrogen) atoms. The van der Waals surface area contributed by atoms with E-state index in [1.54, 1.807) is 0 Å². The van der Waals surface area contributed by atoms with Crippen molar-refractivity contribution in [2.45, 2.75) is 33.1 Å². The molecule has 0 aliphatic rings. The molecule has 0 bridgehead atoms. The standard InChI is InChI=1S/C15H19NO3/c1-10(17)16-13(14(18)19)9-11-5-7-12(8-6-11)15(2,3)4/h5-9H,1-4H3,(H,16,17)(H,18,19)/b13-9+. The number of amides is 1. The molecule has 0 spiro atoms. The summed E-state index contributed by atoms with van der Waals surface area (Å²) in [6, 6.07) is 7.59. The van der Waals surface area contributed by atoms with E-state index in [1.165, 1.54) is 18.6 Å². The fourth-order valence-corrected chi connectivity index (χ4v) is 1.59. The van der Waals surface area contributed by atoms with E-state index in [-0.39, 0.29) is 11.1 Å². The first-order chi connectivity index (χ1) is 8.70. The van der Waals surface area contributed by atoms with Gasteiger partial charge in [0, 0.05) is 6.92 Å². The second-order valence-corrected chi connectivity index (χ2v) is 5.42. The number of carboxylic acids is 1. The molecule has 0 radical (unpaired) electrons. The van der Waals surface area contributed by atoms with Crippen molar-refractivity contribution in [3.8, 4) is 0 Å². The van der Waals surface area contributed by atoms with Crippen molar-refractivity contribution < 1.29 is 14.7 Å². The van der Waals surface area contributed by atoms with Gasteiger partial charge in [-0.15, -0.1) is 0 Å². The maximum absolute atomic E-state index is 11.0. The number of rotatable bonds is 3. The van der Waals surface area contributed by atoms with Crippen LogP contribution >= 0.6 is 0 Å². The third kappa shape index (κ3) is 4.58. The summed E-state index contributed by atoms with van der Waals surface area (Å²) in [5, 5.41) is 11.3. The van der Waals surface area contributed by atoms with Gasteiger partial charge in [-0.1, -0.05) is 45.0 Å². The summed E-state index contributed by atoms with van der Waals surface area (Å²) in [6.45, 7) is 7.60. The monoisotopic (exact) mass is 261 g/mol. The Bertz CT molecular complexity index is 507. The lowest BCUT2D eigenvalue weighted by Crippen LogP contribution is -2.24. The predicted octanol–water partition coefficient (Wildman–Crippen LogP) is 2.55. The van der Waals surface area contributed by atoms with Crippen LogP contribution < -0.4 is 5.32 Å². The number of hydrogen-bond donors (Lipinski definition) is 2. The molecular weight excluding hydrogens is 242 g/mol. The van der Waals surface area contributed by atoms with Gasteiger partial charge in [0.1, 0.15) is 5.70 Å². The minimum Gasteiger partial charge on any atom is -0.477 e. The van der Waals surface area contributed by atoms with Crippen LogP contribution in [0.1, 0.15) is 38.8 Å². The maximum Gasteiger partial charge on any atom is 0.352 e. The number of hydrogen-bond acceptors (Lipinski definition) is 2. The van der Waals surface area contributed by atoms with E-state index in [0.717, 1.165) is 5.56 Å². The van der Waals surface area contributed by atoms with Crippen LogP contribution in [0.2, 0.25) is 0 Å². The summed E-state index contributed by atoms with van der Waals surface area (Å²) in [4.78, 5) is 21.9. The Kier molecular flexibility index (Phi) is 4.48. The van der Waals surface area contributed by atoms with E-state index in [1.807, 2.05) is 24.3 Å². The number of nitrogens with one attached hydrogen (secondary N) is 1. The summed E-state index contributed by atoms with van der Waals surface area (Å²) in [6.07, 6.45) is 1.44. The molecule has 0 saturated heterocycles. The third-order valence-electron chi connectivity index (χ3n) is 2.63. The second kappa shape index (κ2) is 5.69. The number of carboxylic acid groups (broad SMARTS) is 1. The Morgan fingerprint density at radius 1 is 1.16 bits per heavy atom. The Balaban J connectivity index is 3.03. The summed E-state index contributed by atoms with van der Waals surface area (Å²) in [5.74, 6) is -1.56. The Hall–Kier alpha value is -2.10. The molecule has 0 saturated carbocycles. The molecule has 2 N–H and O–H groups in total. The molecule has 0 atom stereocenters. The SMILES string of the molecule is CC(=O)N/C(=C/c1ccc(C(C)(C)C)cc1)C(=O)O. The zero-order valence-electron chi connectivity index (χ0n) is 11.7. The van der Waals surface area contributed by atoms with Crippen LogP contribution in [0.15, 0.2) is 30.0 Å². The maximum atomic E-state index is 11.0. The van der Waals surface area contributed by atoms with Crippen LogP contribution in [-0.4, -0.2) is 17.0 Å². The largest absolute Gasteiger partial charge is 0.477 e. The van der Waals surface area contributed by atoms with E-state index < -0.39 is 11.9 Å². The fourth-order valence-electron chi connectivity index (χ4n) is 1.59. The van der Waals surface area contributed by atoms with Gasteiger partial charge in [-0.2, -0.15) is 0 Å². The summed E-state index contributed by atoms with van der Waals surface area (Å²) >= 11 is 0. The van der Waals surface area contributed by atoms with Gasteiger partial charge in [0.05, 0.1) is 0 Å². The third-order valence-corrected chi connectivity index (χ3v) is 2.63. The lowest BCUT2D eigenvalue weighted by Gasteiger charge is -2.18. The van der Waals surface area contributed by atoms with Crippen molar-refractivity contribution in [1.82, 2.24) is 5.32 Å². The number of aliphatic carboxylic acids is 1. The molecule has 4 heteroatoms. The van der Waals surface area contributed by atoms with Crippen LogP contribution in [0.25, 0.3) is 6.08 Å². The molecule has 0 heterocycles. The first kappa shape index (κ1) is 15.0. The molecule has 0 aliphatic carbocycles. The highest BCUT2D eigenvalue weighted by molar-refractivity contribution is 5.96. The van der Waals surface area contributed by atoms with Crippen LogP contribution in [0.5, 0.6) is 0 Å². The average Bonchev–Trinajstić information content (AvgIpc) is 2.27. The molecule has 0 fully saturated rings. The van der Waals surface area contributed by atoms with Gasteiger partial charge in [0.15, 0.2) is 0 Å². The normalized spacial score (nSPS) is 12.1. The molecule has 0 aromatic heterocycles. The fraction of sp³-hybridized carbons (Fsp3) is 0.333. The van der Waals surface area contributed by atoms with Crippen LogP contribution in [0.4, 0.5) is 0 Å². The van der Waals surface area contributed by atoms with E-state index in [4.69, 9.17) is 5.11 Å². The topological polar surface area (TPSA) is 66.4 Å². The van der Waals surface area contributed by atoms with Gasteiger partial charge in [-0.25, -0.2) is 4.79 Å². The molecule has 1 aromatic rings. The van der Waals surface area contributed by atoms with Crippen LogP contribution in [0.3, 0.4) is 0 Å². The van der Waals surface area contributed by atoms with Crippen molar-refractivity contribution >= 4 is 18.0 Å². The zero-order valence-corrected chi connectivity index (χ0v) is 11.7. The first-order valence-electron chi connectivity index (χ1n) is 6.03. The molecule has 0 unspecified atom stereocenters. The van der Waals surface area contributed by atoms with Crippen molar-refractivity contribution in [1.29, 1.82) is 0 Å². The smallest absolute Gasteiger partial charge is 0.352 e. The quantitative estimate of drug-likeness (QED) is 0.822. The lowest BCUT2D eigenvalue weighted by molar-refractivity contribution is -0.134. The zero-order chi connectivity index (χ0) is 14.6. The Morgan fingerprint density at radius 2 is 1.68 bits per heavy atom. The molecule has 102 valence electrons. The van der Waals surface area contributed by atoms with Gasteiger partial charge < -0.3 is 10.4 Å². The molecular formula is C15H19NO3. The van der Waals surface area contributed by atoms with E-state index >= 15 is 0 Å². The highest BCUT2D eigenvalue weighted by atomic mass is 16.4. The van der Waals surface area contributed by atoms with Gasteiger partial charge in [0.2, 0.25) is 5.91 Å². The van der Waals surface area contributed by atoms with E-state index in [9.17, 15) is 9.59 Å². The number of benzene rings is 1. The molecule has 1 rings (SSSR count). The molecule has 4 nitrogen and oxygen atoms in total. The van der Waals surface area contributed by atoms with Gasteiger partial charge in [0.25, 0.3) is 0 Å². The number of carbonyl (C=O) groups excluding carboxylic acids is 1. The van der Waals surface area contributed by atoms with Crippen molar-refractivity contribution in [3.05, 3.63) is 41.1 Å². The molecule has 1 aromatic carbocycles. The Morgan fingerprint density at radius 3 is 2.05 bits per heavy atom. The molecule has 1 amide bonds. The summed E-state index contributed by atoms with van der Waals surface area (Å²) in [7, 11) is 0. The van der Waals surface area contributed by atoms with E-state index in [2.05, 4.69) is 26.1 Å². The minimum absolute atomic E-state index is 0.0511. The molecule has 0 aliphatic heterocycles. The minimum atomic E-state index is -1.16. The van der Waals surface area contributed by atoms with Gasteiger partial charge in [-0.3, -0.25) is 4.79 Å². The predicted molar refractivity (Wildman–Crippen MR) is 74.6 cm³/mol. The van der Waals surface area contributed by atoms with E-state index in [0.29, 0.717) is 0 Å². The Labute approximate surface area is 113 Å². The highest BCUT2D eigenvalue weighted by Gasteiger charge is 2.13. The summed E-state index contributed by atoms with van der Waals surface area (Å²) in [5.41, 5.74) is 1.83. The average molecular weight is 261 g/mol. The van der Waals surface area contributed by atoms with Crippen molar-refractivity contribution in [2.75, 3.05) is 0 Å². The first-order valence-corrected chi connectivity index (χ1v) is 6.03.